The Morgan fingerprint density at radius 2 is 2.23 bits per heavy atom. The van der Waals surface area contributed by atoms with Gasteiger partial charge < -0.3 is 14.4 Å². The first-order chi connectivity index (χ1) is 10.7. The molecule has 0 N–H and O–H groups in total. The van der Waals surface area contributed by atoms with Gasteiger partial charge in [0, 0.05) is 38.1 Å². The molecule has 1 aromatic rings. The van der Waals surface area contributed by atoms with E-state index in [-0.39, 0.29) is 0 Å². The smallest absolute Gasteiger partial charge is 0.253 e. The number of hydrogen-bond acceptors (Lipinski definition) is 7. The summed E-state index contributed by atoms with van der Waals surface area (Å²) in [6.07, 6.45) is 3.33. The van der Waals surface area contributed by atoms with Crippen LogP contribution in [0.5, 0.6) is 5.88 Å². The van der Waals surface area contributed by atoms with Crippen molar-refractivity contribution in [1.82, 2.24) is 18.5 Å². The van der Waals surface area contributed by atoms with Gasteiger partial charge in [-0.1, -0.05) is 6.08 Å². The molecule has 6 nitrogen and oxygen atoms in total. The fourth-order valence-electron chi connectivity index (χ4n) is 3.44. The molecule has 1 spiro atoms. The highest BCUT2D eigenvalue weighted by Gasteiger charge is 2.48. The minimum atomic E-state index is 0.477. The number of rotatable bonds is 5. The number of aromatic nitrogens is 2. The van der Waals surface area contributed by atoms with Crippen LogP contribution in [0, 0.1) is 5.41 Å². The zero-order valence-corrected chi connectivity index (χ0v) is 13.8. The second-order valence-corrected chi connectivity index (χ2v) is 7.25. The summed E-state index contributed by atoms with van der Waals surface area (Å²) in [5, 5.41) is 0. The van der Waals surface area contributed by atoms with Crippen LogP contribution in [0.2, 0.25) is 0 Å². The Bertz CT molecular complexity index is 562. The molecule has 3 aliphatic heterocycles. The molecule has 4 heterocycles. The largest absolute Gasteiger partial charge is 0.474 e. The molecule has 2 saturated heterocycles. The fourth-order valence-corrected chi connectivity index (χ4v) is 3.97. The van der Waals surface area contributed by atoms with Crippen LogP contribution in [0.1, 0.15) is 12.1 Å². The maximum absolute atomic E-state index is 5.90. The molecule has 0 atom stereocenters. The molecule has 0 amide bonds. The monoisotopic (exact) mass is 322 g/mol. The van der Waals surface area contributed by atoms with Crippen molar-refractivity contribution in [2.24, 2.45) is 5.41 Å². The predicted octanol–water partition coefficient (Wildman–Crippen LogP) is 0.968. The molecule has 0 aromatic carbocycles. The van der Waals surface area contributed by atoms with Crippen LogP contribution in [0.15, 0.2) is 6.08 Å². The molecule has 1 aromatic heterocycles. The third-order valence-corrected chi connectivity index (χ3v) is 5.20. The highest BCUT2D eigenvalue weighted by molar-refractivity contribution is 6.99. The summed E-state index contributed by atoms with van der Waals surface area (Å²) in [6, 6.07) is 0. The molecule has 0 radical (unpaired) electrons. The molecule has 4 rings (SSSR count). The average Bonchev–Trinajstić information content (AvgIpc) is 2.87. The minimum absolute atomic E-state index is 0.477. The number of likely N-dealkylation sites (tertiary alicyclic amines) is 1. The lowest BCUT2D eigenvalue weighted by Gasteiger charge is -2.55. The van der Waals surface area contributed by atoms with Crippen molar-refractivity contribution in [3.05, 3.63) is 11.8 Å². The third-order valence-electron chi connectivity index (χ3n) is 4.69. The first-order valence-corrected chi connectivity index (χ1v) is 8.61. The number of nitrogens with zero attached hydrogens (tertiary/aromatic N) is 4. The van der Waals surface area contributed by atoms with Gasteiger partial charge in [-0.2, -0.15) is 4.37 Å². The van der Waals surface area contributed by atoms with Gasteiger partial charge in [-0.25, -0.2) is 0 Å². The van der Waals surface area contributed by atoms with Crippen molar-refractivity contribution >= 4 is 17.3 Å². The SMILES string of the molecule is CN1CCC=C(c2nsnc2OCCN2CC3(COC3)C2)C1. The maximum Gasteiger partial charge on any atom is 0.253 e. The van der Waals surface area contributed by atoms with Gasteiger partial charge in [0.1, 0.15) is 12.3 Å². The van der Waals surface area contributed by atoms with Crippen LogP contribution in [0.25, 0.3) is 5.57 Å². The summed E-state index contributed by atoms with van der Waals surface area (Å²) >= 11 is 1.24. The number of ether oxygens (including phenoxy) is 2. The summed E-state index contributed by atoms with van der Waals surface area (Å²) < 4.78 is 20.0. The summed E-state index contributed by atoms with van der Waals surface area (Å²) in [7, 11) is 2.14. The average molecular weight is 322 g/mol. The van der Waals surface area contributed by atoms with Crippen molar-refractivity contribution in [3.63, 3.8) is 0 Å². The molecule has 2 fully saturated rings. The number of likely N-dealkylation sites (N-methyl/N-ethyl adjacent to an activating group) is 1. The molecule has 0 unspecified atom stereocenters. The lowest BCUT2D eigenvalue weighted by Crippen LogP contribution is -2.66. The topological polar surface area (TPSA) is 50.7 Å². The summed E-state index contributed by atoms with van der Waals surface area (Å²) in [5.74, 6) is 0.703. The van der Waals surface area contributed by atoms with E-state index < -0.39 is 0 Å². The van der Waals surface area contributed by atoms with Gasteiger partial charge in [-0.3, -0.25) is 4.90 Å². The van der Waals surface area contributed by atoms with Crippen LogP contribution < -0.4 is 4.74 Å². The van der Waals surface area contributed by atoms with Gasteiger partial charge in [0.25, 0.3) is 5.88 Å². The fraction of sp³-hybridized carbons (Fsp3) is 0.733. The first kappa shape index (κ1) is 14.6. The van der Waals surface area contributed by atoms with E-state index in [1.54, 1.807) is 0 Å². The highest BCUT2D eigenvalue weighted by atomic mass is 32.1. The Morgan fingerprint density at radius 3 is 2.95 bits per heavy atom. The molecule has 120 valence electrons. The van der Waals surface area contributed by atoms with Crippen molar-refractivity contribution < 1.29 is 9.47 Å². The lowest BCUT2D eigenvalue weighted by atomic mass is 9.78. The lowest BCUT2D eigenvalue weighted by molar-refractivity contribution is -0.189. The van der Waals surface area contributed by atoms with E-state index in [2.05, 4.69) is 31.7 Å². The molecular formula is C15H22N4O2S. The molecule has 0 saturated carbocycles. The minimum Gasteiger partial charge on any atom is -0.474 e. The predicted molar refractivity (Wildman–Crippen MR) is 85.2 cm³/mol. The van der Waals surface area contributed by atoms with Crippen LogP contribution in [0.4, 0.5) is 0 Å². The second-order valence-electron chi connectivity index (χ2n) is 6.73. The van der Waals surface area contributed by atoms with Crippen molar-refractivity contribution in [3.8, 4) is 5.88 Å². The van der Waals surface area contributed by atoms with Gasteiger partial charge >= 0.3 is 0 Å². The van der Waals surface area contributed by atoms with E-state index in [4.69, 9.17) is 9.47 Å². The second kappa shape index (κ2) is 5.88. The number of hydrogen-bond donors (Lipinski definition) is 0. The third kappa shape index (κ3) is 2.78. The Morgan fingerprint density at radius 1 is 1.36 bits per heavy atom. The molecule has 7 heteroatoms. The van der Waals surface area contributed by atoms with Crippen LogP contribution in [-0.4, -0.2) is 78.1 Å². The standard InChI is InChI=1S/C15H22N4O2S/c1-18-4-2-3-12(7-18)13-14(17-22-16-13)21-6-5-19-8-15(9-19)10-20-11-15/h3H,2,4-11H2,1H3. The van der Waals surface area contributed by atoms with E-state index in [9.17, 15) is 0 Å². The van der Waals surface area contributed by atoms with Crippen molar-refractivity contribution in [1.29, 1.82) is 0 Å². The van der Waals surface area contributed by atoms with E-state index >= 15 is 0 Å². The molecular weight excluding hydrogens is 300 g/mol. The van der Waals surface area contributed by atoms with Crippen LogP contribution >= 0.6 is 11.7 Å². The zero-order valence-electron chi connectivity index (χ0n) is 13.0. The van der Waals surface area contributed by atoms with E-state index in [0.717, 1.165) is 58.1 Å². The van der Waals surface area contributed by atoms with Gasteiger partial charge in [0.2, 0.25) is 0 Å². The van der Waals surface area contributed by atoms with Gasteiger partial charge in [-0.05, 0) is 19.0 Å². The van der Waals surface area contributed by atoms with Gasteiger partial charge in [0.05, 0.1) is 24.9 Å². The Hall–Kier alpha value is -1.02. The van der Waals surface area contributed by atoms with Gasteiger partial charge in [-0.15, -0.1) is 4.37 Å². The maximum atomic E-state index is 5.90. The quantitative estimate of drug-likeness (QED) is 0.805. The van der Waals surface area contributed by atoms with E-state index in [1.807, 2.05) is 0 Å². The molecule has 22 heavy (non-hydrogen) atoms. The summed E-state index contributed by atoms with van der Waals surface area (Å²) in [4.78, 5) is 4.73. The normalized spacial score (nSPS) is 24.7. The van der Waals surface area contributed by atoms with Crippen LogP contribution in [0.3, 0.4) is 0 Å². The van der Waals surface area contributed by atoms with Crippen molar-refractivity contribution in [2.75, 3.05) is 59.6 Å². The molecule has 0 aliphatic carbocycles. The van der Waals surface area contributed by atoms with E-state index in [0.29, 0.717) is 17.9 Å². The Labute approximate surface area is 135 Å². The zero-order chi connectivity index (χ0) is 15.0. The highest BCUT2D eigenvalue weighted by Crippen LogP contribution is 2.37. The summed E-state index contributed by atoms with van der Waals surface area (Å²) in [6.45, 7) is 7.84. The Balaban J connectivity index is 1.28. The van der Waals surface area contributed by atoms with E-state index in [1.165, 1.54) is 17.3 Å². The molecule has 3 aliphatic rings. The van der Waals surface area contributed by atoms with Crippen molar-refractivity contribution in [2.45, 2.75) is 6.42 Å². The first-order valence-electron chi connectivity index (χ1n) is 7.88. The molecule has 0 bridgehead atoms. The summed E-state index contributed by atoms with van der Waals surface area (Å²) in [5.41, 5.74) is 2.65. The Kier molecular flexibility index (Phi) is 3.89. The van der Waals surface area contributed by atoms with Crippen LogP contribution in [-0.2, 0) is 4.74 Å². The van der Waals surface area contributed by atoms with Gasteiger partial charge in [0.15, 0.2) is 0 Å².